The second kappa shape index (κ2) is 4.55. The van der Waals surface area contributed by atoms with Gasteiger partial charge in [-0.1, -0.05) is 0 Å². The molecule has 0 saturated carbocycles. The van der Waals surface area contributed by atoms with Crippen molar-refractivity contribution >= 4 is 0 Å². The monoisotopic (exact) mass is 235 g/mol. The van der Waals surface area contributed by atoms with E-state index >= 15 is 0 Å². The number of nitriles is 1. The summed E-state index contributed by atoms with van der Waals surface area (Å²) < 4.78 is 6.78. The van der Waals surface area contributed by atoms with Crippen LogP contribution in [0.2, 0.25) is 0 Å². The quantitative estimate of drug-likeness (QED) is 0.771. The molecule has 6 nitrogen and oxygen atoms in total. The van der Waals surface area contributed by atoms with Gasteiger partial charge in [0.1, 0.15) is 11.6 Å². The summed E-state index contributed by atoms with van der Waals surface area (Å²) in [6.07, 6.45) is 2.29. The van der Waals surface area contributed by atoms with E-state index in [2.05, 4.69) is 4.98 Å². The van der Waals surface area contributed by atoms with Crippen molar-refractivity contribution in [3.8, 4) is 6.07 Å². The van der Waals surface area contributed by atoms with Gasteiger partial charge < -0.3 is 4.74 Å². The number of nitrogens with one attached hydrogen (secondary N) is 1. The number of nitrogens with zero attached hydrogens (tertiary/aromatic N) is 2. The summed E-state index contributed by atoms with van der Waals surface area (Å²) in [4.78, 5) is 24.9. The molecule has 17 heavy (non-hydrogen) atoms. The third-order valence-corrected chi connectivity index (χ3v) is 3.10. The van der Waals surface area contributed by atoms with Crippen LogP contribution in [0.3, 0.4) is 0 Å². The van der Waals surface area contributed by atoms with E-state index in [-0.39, 0.29) is 17.6 Å². The Morgan fingerprint density at radius 3 is 3.00 bits per heavy atom. The fraction of sp³-hybridized carbons (Fsp3) is 0.545. The van der Waals surface area contributed by atoms with Gasteiger partial charge in [-0.2, -0.15) is 5.26 Å². The molecular weight excluding hydrogens is 222 g/mol. The Bertz CT molecular complexity index is 567. The molecule has 0 aromatic carbocycles. The molecule has 2 rings (SSSR count). The summed E-state index contributed by atoms with van der Waals surface area (Å²) in [5.74, 6) is 0.241. The number of H-pyrrole nitrogens is 1. The van der Waals surface area contributed by atoms with Crippen LogP contribution < -0.4 is 11.2 Å². The van der Waals surface area contributed by atoms with Crippen molar-refractivity contribution in [3.05, 3.63) is 32.6 Å². The van der Waals surface area contributed by atoms with Gasteiger partial charge in [-0.25, -0.2) is 4.79 Å². The minimum atomic E-state index is -0.635. The molecule has 0 bridgehead atoms. The molecule has 1 saturated heterocycles. The number of hydrogen-bond donors (Lipinski definition) is 1. The van der Waals surface area contributed by atoms with Crippen molar-refractivity contribution in [2.75, 3.05) is 6.61 Å². The molecule has 2 heterocycles. The van der Waals surface area contributed by atoms with Gasteiger partial charge in [0.25, 0.3) is 5.56 Å². The van der Waals surface area contributed by atoms with Crippen LogP contribution >= 0.6 is 0 Å². The third kappa shape index (κ3) is 2.29. The van der Waals surface area contributed by atoms with E-state index in [4.69, 9.17) is 10.00 Å². The second-order valence-electron chi connectivity index (χ2n) is 4.19. The summed E-state index contributed by atoms with van der Waals surface area (Å²) in [7, 11) is 0. The molecule has 0 spiro atoms. The standard InChI is InChI=1S/C11H13N3O3/c1-7-8(2-3-17-7)5-14-6-9(4-12)10(15)13-11(14)16/h6-8H,2-3,5H2,1H3,(H,13,15,16). The molecule has 1 N–H and O–H groups in total. The minimum Gasteiger partial charge on any atom is -0.378 e. The summed E-state index contributed by atoms with van der Waals surface area (Å²) in [5, 5.41) is 8.74. The molecule has 1 aromatic rings. The van der Waals surface area contributed by atoms with Gasteiger partial charge in [-0.15, -0.1) is 0 Å². The molecule has 6 heteroatoms. The highest BCUT2D eigenvalue weighted by Gasteiger charge is 2.24. The van der Waals surface area contributed by atoms with Crippen molar-refractivity contribution in [1.29, 1.82) is 5.26 Å². The lowest BCUT2D eigenvalue weighted by atomic mass is 10.0. The molecule has 1 aliphatic heterocycles. The van der Waals surface area contributed by atoms with Crippen LogP contribution in [-0.4, -0.2) is 22.3 Å². The lowest BCUT2D eigenvalue weighted by molar-refractivity contribution is 0.101. The third-order valence-electron chi connectivity index (χ3n) is 3.10. The molecule has 0 radical (unpaired) electrons. The van der Waals surface area contributed by atoms with E-state index in [9.17, 15) is 9.59 Å². The maximum absolute atomic E-state index is 11.6. The molecule has 2 unspecified atom stereocenters. The topological polar surface area (TPSA) is 87.9 Å². The Hall–Kier alpha value is -1.87. The average molecular weight is 235 g/mol. The Balaban J connectivity index is 2.30. The van der Waals surface area contributed by atoms with Crippen molar-refractivity contribution in [1.82, 2.24) is 9.55 Å². The predicted octanol–water partition coefficient (Wildman–Crippen LogP) is -0.167. The highest BCUT2D eigenvalue weighted by molar-refractivity contribution is 5.21. The van der Waals surface area contributed by atoms with Crippen LogP contribution in [0.1, 0.15) is 18.9 Å². The van der Waals surface area contributed by atoms with Gasteiger partial charge in [0.05, 0.1) is 6.10 Å². The van der Waals surface area contributed by atoms with Crippen LogP contribution in [0.4, 0.5) is 0 Å². The number of aromatic nitrogens is 2. The number of hydrogen-bond acceptors (Lipinski definition) is 4. The highest BCUT2D eigenvalue weighted by Crippen LogP contribution is 2.21. The van der Waals surface area contributed by atoms with Crippen molar-refractivity contribution in [3.63, 3.8) is 0 Å². The normalized spacial score (nSPS) is 23.5. The number of rotatable bonds is 2. The molecular formula is C11H13N3O3. The minimum absolute atomic E-state index is 0.0452. The van der Waals surface area contributed by atoms with E-state index in [1.165, 1.54) is 10.8 Å². The van der Waals surface area contributed by atoms with Crippen LogP contribution in [0, 0.1) is 17.2 Å². The van der Waals surface area contributed by atoms with Gasteiger partial charge in [0.15, 0.2) is 0 Å². The van der Waals surface area contributed by atoms with Crippen molar-refractivity contribution in [2.45, 2.75) is 26.0 Å². The van der Waals surface area contributed by atoms with E-state index in [1.54, 1.807) is 6.07 Å². The van der Waals surface area contributed by atoms with Crippen LogP contribution in [0.5, 0.6) is 0 Å². The van der Waals surface area contributed by atoms with Gasteiger partial charge in [-0.05, 0) is 13.3 Å². The Labute approximate surface area is 97.5 Å². The first-order valence-corrected chi connectivity index (χ1v) is 5.47. The summed E-state index contributed by atoms with van der Waals surface area (Å²) in [5.41, 5.74) is -1.16. The van der Waals surface area contributed by atoms with Crippen LogP contribution in [-0.2, 0) is 11.3 Å². The highest BCUT2D eigenvalue weighted by atomic mass is 16.5. The van der Waals surface area contributed by atoms with Gasteiger partial charge in [-0.3, -0.25) is 14.3 Å². The first-order valence-electron chi connectivity index (χ1n) is 5.47. The first kappa shape index (κ1) is 11.6. The zero-order valence-electron chi connectivity index (χ0n) is 9.47. The van der Waals surface area contributed by atoms with E-state index in [1.807, 2.05) is 6.92 Å². The van der Waals surface area contributed by atoms with Crippen LogP contribution in [0.25, 0.3) is 0 Å². The Kier molecular flexibility index (Phi) is 3.11. The van der Waals surface area contributed by atoms with Crippen molar-refractivity contribution < 1.29 is 4.74 Å². The van der Waals surface area contributed by atoms with E-state index in [0.717, 1.165) is 6.42 Å². The fourth-order valence-corrected chi connectivity index (χ4v) is 1.99. The molecule has 2 atom stereocenters. The largest absolute Gasteiger partial charge is 0.378 e. The lowest BCUT2D eigenvalue weighted by Gasteiger charge is -2.15. The average Bonchev–Trinajstić information content (AvgIpc) is 2.68. The summed E-state index contributed by atoms with van der Waals surface area (Å²) >= 11 is 0. The van der Waals surface area contributed by atoms with Gasteiger partial charge in [0.2, 0.25) is 0 Å². The van der Waals surface area contributed by atoms with Gasteiger partial charge in [0, 0.05) is 25.3 Å². The van der Waals surface area contributed by atoms with E-state index < -0.39 is 11.2 Å². The molecule has 1 aliphatic rings. The smallest absolute Gasteiger partial charge is 0.328 e. The summed E-state index contributed by atoms with van der Waals surface area (Å²) in [6, 6.07) is 1.76. The predicted molar refractivity (Wildman–Crippen MR) is 59.6 cm³/mol. The Morgan fingerprint density at radius 2 is 2.41 bits per heavy atom. The molecule has 1 aromatic heterocycles. The van der Waals surface area contributed by atoms with Gasteiger partial charge >= 0.3 is 5.69 Å². The number of ether oxygens (including phenoxy) is 1. The maximum atomic E-state index is 11.6. The zero-order valence-corrected chi connectivity index (χ0v) is 9.47. The molecule has 0 amide bonds. The molecule has 90 valence electrons. The Morgan fingerprint density at radius 1 is 1.65 bits per heavy atom. The van der Waals surface area contributed by atoms with Crippen molar-refractivity contribution in [2.24, 2.45) is 5.92 Å². The fourth-order valence-electron chi connectivity index (χ4n) is 1.99. The molecule has 0 aliphatic carbocycles. The second-order valence-corrected chi connectivity index (χ2v) is 4.19. The summed E-state index contributed by atoms with van der Waals surface area (Å²) in [6.45, 7) is 3.11. The van der Waals surface area contributed by atoms with Crippen LogP contribution in [0.15, 0.2) is 15.8 Å². The maximum Gasteiger partial charge on any atom is 0.328 e. The lowest BCUT2D eigenvalue weighted by Crippen LogP contribution is -2.33. The first-order chi connectivity index (χ1) is 8.11. The SMILES string of the molecule is CC1OCCC1Cn1cc(C#N)c(=O)[nH]c1=O. The van der Waals surface area contributed by atoms with E-state index in [0.29, 0.717) is 13.2 Å². The molecule has 1 fully saturated rings. The number of aromatic amines is 1. The zero-order chi connectivity index (χ0) is 12.4.